The zero-order valence-corrected chi connectivity index (χ0v) is 12.3. The highest BCUT2D eigenvalue weighted by molar-refractivity contribution is 6.09. The van der Waals surface area contributed by atoms with Gasteiger partial charge in [0.05, 0.1) is 19.9 Å². The molecule has 0 saturated heterocycles. The summed E-state index contributed by atoms with van der Waals surface area (Å²) in [6.45, 7) is 0. The first-order valence-corrected chi connectivity index (χ1v) is 6.82. The highest BCUT2D eigenvalue weighted by Crippen LogP contribution is 2.25. The van der Waals surface area contributed by atoms with Crippen LogP contribution >= 0.6 is 0 Å². The van der Waals surface area contributed by atoms with Gasteiger partial charge in [-0.15, -0.1) is 0 Å². The average molecular weight is 296 g/mol. The Morgan fingerprint density at radius 2 is 1.77 bits per heavy atom. The maximum Gasteiger partial charge on any atom is 0.255 e. The van der Waals surface area contributed by atoms with Crippen molar-refractivity contribution in [3.8, 4) is 11.5 Å². The minimum atomic E-state index is -0.217. The van der Waals surface area contributed by atoms with Crippen LogP contribution in [0.15, 0.2) is 48.7 Å². The fourth-order valence-corrected chi connectivity index (χ4v) is 2.33. The summed E-state index contributed by atoms with van der Waals surface area (Å²) in [6.07, 6.45) is 1.84. The van der Waals surface area contributed by atoms with Gasteiger partial charge in [0.2, 0.25) is 0 Å². The first-order chi connectivity index (χ1) is 10.7. The third-order valence-electron chi connectivity index (χ3n) is 3.46. The van der Waals surface area contributed by atoms with Crippen LogP contribution in [0.25, 0.3) is 10.9 Å². The molecule has 3 rings (SSSR count). The summed E-state index contributed by atoms with van der Waals surface area (Å²) >= 11 is 0. The lowest BCUT2D eigenvalue weighted by Crippen LogP contribution is -2.12. The first-order valence-electron chi connectivity index (χ1n) is 6.82. The fraction of sp³-hybridized carbons (Fsp3) is 0.118. The smallest absolute Gasteiger partial charge is 0.255 e. The molecule has 0 aliphatic heterocycles. The second-order valence-electron chi connectivity index (χ2n) is 4.80. The number of hydrogen-bond acceptors (Lipinski definition) is 3. The van der Waals surface area contributed by atoms with Crippen molar-refractivity contribution in [2.75, 3.05) is 19.5 Å². The summed E-state index contributed by atoms with van der Waals surface area (Å²) in [4.78, 5) is 15.6. The number of H-pyrrole nitrogens is 1. The topological polar surface area (TPSA) is 63.4 Å². The van der Waals surface area contributed by atoms with E-state index in [9.17, 15) is 4.79 Å². The molecule has 5 nitrogen and oxygen atoms in total. The number of benzene rings is 2. The lowest BCUT2D eigenvalue weighted by atomic mass is 10.1. The molecule has 22 heavy (non-hydrogen) atoms. The van der Waals surface area contributed by atoms with Gasteiger partial charge >= 0.3 is 0 Å². The van der Waals surface area contributed by atoms with Crippen LogP contribution in [0, 0.1) is 0 Å². The molecule has 1 heterocycles. The molecule has 0 aliphatic carbocycles. The van der Waals surface area contributed by atoms with Crippen LogP contribution in [0.4, 0.5) is 5.69 Å². The summed E-state index contributed by atoms with van der Waals surface area (Å²) in [7, 11) is 3.11. The Morgan fingerprint density at radius 1 is 1.05 bits per heavy atom. The van der Waals surface area contributed by atoms with E-state index < -0.39 is 0 Å². The highest BCUT2D eigenvalue weighted by atomic mass is 16.5. The van der Waals surface area contributed by atoms with Gasteiger partial charge < -0.3 is 19.8 Å². The van der Waals surface area contributed by atoms with Gasteiger partial charge in [-0.3, -0.25) is 4.79 Å². The predicted octanol–water partition coefficient (Wildman–Crippen LogP) is 3.44. The number of aromatic nitrogens is 1. The number of hydrogen-bond donors (Lipinski definition) is 2. The fourth-order valence-electron chi connectivity index (χ4n) is 2.33. The lowest BCUT2D eigenvalue weighted by molar-refractivity contribution is 0.102. The summed E-state index contributed by atoms with van der Waals surface area (Å²) < 4.78 is 10.4. The monoisotopic (exact) mass is 296 g/mol. The number of ether oxygens (including phenoxy) is 2. The van der Waals surface area contributed by atoms with Crippen molar-refractivity contribution in [2.45, 2.75) is 0 Å². The molecule has 0 saturated carbocycles. The van der Waals surface area contributed by atoms with Crippen LogP contribution in [-0.2, 0) is 0 Å². The SMILES string of the molecule is COc1cc(OC)cc(C(=O)Nc2cccc3[nH]ccc23)c1. The van der Waals surface area contributed by atoms with Crippen LogP contribution in [0.2, 0.25) is 0 Å². The molecular weight excluding hydrogens is 280 g/mol. The number of aromatic amines is 1. The van der Waals surface area contributed by atoms with E-state index in [0.29, 0.717) is 17.1 Å². The molecule has 2 aromatic carbocycles. The van der Waals surface area contributed by atoms with Crippen molar-refractivity contribution in [3.05, 3.63) is 54.2 Å². The molecule has 3 aromatic rings. The molecule has 0 aliphatic rings. The van der Waals surface area contributed by atoms with E-state index in [4.69, 9.17) is 9.47 Å². The van der Waals surface area contributed by atoms with E-state index in [2.05, 4.69) is 10.3 Å². The Kier molecular flexibility index (Phi) is 3.70. The van der Waals surface area contributed by atoms with Crippen LogP contribution in [0.5, 0.6) is 11.5 Å². The average Bonchev–Trinajstić information content (AvgIpc) is 3.04. The van der Waals surface area contributed by atoms with Crippen LogP contribution in [-0.4, -0.2) is 25.1 Å². The van der Waals surface area contributed by atoms with Gasteiger partial charge in [-0.25, -0.2) is 0 Å². The molecule has 0 spiro atoms. The van der Waals surface area contributed by atoms with E-state index in [1.54, 1.807) is 32.4 Å². The standard InChI is InChI=1S/C17H16N2O3/c1-21-12-8-11(9-13(10-12)22-2)17(20)19-16-5-3-4-15-14(16)6-7-18-15/h3-10,18H,1-2H3,(H,19,20). The normalized spacial score (nSPS) is 10.5. The van der Waals surface area contributed by atoms with E-state index in [1.165, 1.54) is 0 Å². The van der Waals surface area contributed by atoms with Gasteiger partial charge in [0, 0.05) is 28.7 Å². The van der Waals surface area contributed by atoms with Crippen molar-refractivity contribution in [1.82, 2.24) is 4.98 Å². The zero-order chi connectivity index (χ0) is 15.5. The molecule has 0 unspecified atom stereocenters. The molecule has 1 amide bonds. The van der Waals surface area contributed by atoms with Crippen molar-refractivity contribution in [1.29, 1.82) is 0 Å². The summed E-state index contributed by atoms with van der Waals surface area (Å²) in [6, 6.07) is 12.7. The molecule has 0 radical (unpaired) electrons. The highest BCUT2D eigenvalue weighted by Gasteiger charge is 2.11. The first kappa shape index (κ1) is 14.0. The third-order valence-corrected chi connectivity index (χ3v) is 3.46. The summed E-state index contributed by atoms with van der Waals surface area (Å²) in [5.74, 6) is 0.930. The van der Waals surface area contributed by atoms with Crippen LogP contribution in [0.1, 0.15) is 10.4 Å². The quantitative estimate of drug-likeness (QED) is 0.775. The van der Waals surface area contributed by atoms with Gasteiger partial charge in [0.1, 0.15) is 11.5 Å². The van der Waals surface area contributed by atoms with Crippen molar-refractivity contribution in [3.63, 3.8) is 0 Å². The molecule has 2 N–H and O–H groups in total. The van der Waals surface area contributed by atoms with Crippen molar-refractivity contribution >= 4 is 22.5 Å². The molecule has 1 aromatic heterocycles. The number of amides is 1. The Hall–Kier alpha value is -2.95. The number of nitrogens with one attached hydrogen (secondary N) is 2. The number of carbonyl (C=O) groups excluding carboxylic acids is 1. The van der Waals surface area contributed by atoms with E-state index in [1.807, 2.05) is 30.5 Å². The number of carbonyl (C=O) groups is 1. The van der Waals surface area contributed by atoms with Gasteiger partial charge in [-0.05, 0) is 30.3 Å². The third kappa shape index (κ3) is 2.61. The summed E-state index contributed by atoms with van der Waals surface area (Å²) in [5.41, 5.74) is 2.20. The maximum atomic E-state index is 12.5. The molecular formula is C17H16N2O3. The molecule has 0 fully saturated rings. The van der Waals surface area contributed by atoms with E-state index in [0.717, 1.165) is 16.6 Å². The molecule has 0 atom stereocenters. The minimum Gasteiger partial charge on any atom is -0.497 e. The van der Waals surface area contributed by atoms with Gasteiger partial charge in [-0.2, -0.15) is 0 Å². The van der Waals surface area contributed by atoms with Gasteiger partial charge in [-0.1, -0.05) is 6.07 Å². The second kappa shape index (κ2) is 5.81. The lowest BCUT2D eigenvalue weighted by Gasteiger charge is -2.10. The van der Waals surface area contributed by atoms with Gasteiger partial charge in [0.15, 0.2) is 0 Å². The van der Waals surface area contributed by atoms with Crippen LogP contribution < -0.4 is 14.8 Å². The van der Waals surface area contributed by atoms with Crippen molar-refractivity contribution in [2.24, 2.45) is 0 Å². The number of methoxy groups -OCH3 is 2. The number of anilines is 1. The molecule has 112 valence electrons. The van der Waals surface area contributed by atoms with Crippen molar-refractivity contribution < 1.29 is 14.3 Å². The Morgan fingerprint density at radius 3 is 2.45 bits per heavy atom. The zero-order valence-electron chi connectivity index (χ0n) is 12.3. The minimum absolute atomic E-state index is 0.217. The Balaban J connectivity index is 1.93. The number of fused-ring (bicyclic) bond motifs is 1. The van der Waals surface area contributed by atoms with Crippen LogP contribution in [0.3, 0.4) is 0 Å². The number of rotatable bonds is 4. The predicted molar refractivity (Wildman–Crippen MR) is 85.8 cm³/mol. The second-order valence-corrected chi connectivity index (χ2v) is 4.80. The van der Waals surface area contributed by atoms with E-state index in [-0.39, 0.29) is 5.91 Å². The summed E-state index contributed by atoms with van der Waals surface area (Å²) in [5, 5.41) is 3.88. The Bertz CT molecular complexity index is 801. The van der Waals surface area contributed by atoms with E-state index >= 15 is 0 Å². The largest absolute Gasteiger partial charge is 0.497 e. The maximum absolute atomic E-state index is 12.5. The van der Waals surface area contributed by atoms with Gasteiger partial charge in [0.25, 0.3) is 5.91 Å². The Labute approximate surface area is 127 Å². The molecule has 5 heteroatoms. The molecule has 0 bridgehead atoms.